The molecule has 0 spiro atoms. The van der Waals surface area contributed by atoms with Gasteiger partial charge in [0.2, 0.25) is 5.91 Å². The summed E-state index contributed by atoms with van der Waals surface area (Å²) in [6, 6.07) is 7.22. The molecule has 0 aromatic heterocycles. The first kappa shape index (κ1) is 20.7. The minimum atomic E-state index is -3.53. The zero-order valence-corrected chi connectivity index (χ0v) is 18.1. The number of piperidine rings is 1. The molecule has 166 valence electrons. The van der Waals surface area contributed by atoms with E-state index >= 15 is 0 Å². The lowest BCUT2D eigenvalue weighted by Gasteiger charge is -2.34. The Morgan fingerprint density at radius 2 is 2.13 bits per heavy atom. The van der Waals surface area contributed by atoms with E-state index in [1.54, 1.807) is 12.1 Å². The fourth-order valence-corrected chi connectivity index (χ4v) is 6.95. The molecule has 6 atom stereocenters. The molecule has 3 fully saturated rings. The van der Waals surface area contributed by atoms with Gasteiger partial charge in [-0.25, -0.2) is 18.9 Å². The first-order valence-electron chi connectivity index (χ1n) is 10.8. The van der Waals surface area contributed by atoms with Gasteiger partial charge in [0.25, 0.3) is 0 Å². The quantitative estimate of drug-likeness (QED) is 0.519. The van der Waals surface area contributed by atoms with E-state index in [9.17, 15) is 23.6 Å². The summed E-state index contributed by atoms with van der Waals surface area (Å²) >= 11 is 0. The number of anilines is 1. The number of aliphatic hydroxyl groups is 1. The number of carbonyl (C=O) groups is 1. The van der Waals surface area contributed by atoms with Crippen molar-refractivity contribution in [2.24, 2.45) is 11.8 Å². The van der Waals surface area contributed by atoms with Crippen LogP contribution in [0.15, 0.2) is 23.1 Å². The van der Waals surface area contributed by atoms with Crippen LogP contribution in [0, 0.1) is 23.2 Å². The molecule has 5 rings (SSSR count). The summed E-state index contributed by atoms with van der Waals surface area (Å²) in [5.74, 6) is 0.0977. The van der Waals surface area contributed by atoms with Crippen molar-refractivity contribution in [2.75, 3.05) is 11.9 Å². The van der Waals surface area contributed by atoms with Crippen LogP contribution in [0.2, 0.25) is 0 Å². The largest absolute Gasteiger partial charge is 0.387 e. The summed E-state index contributed by atoms with van der Waals surface area (Å²) in [6.45, 7) is 2.11. The Balaban J connectivity index is 1.43. The van der Waals surface area contributed by atoms with Crippen LogP contribution in [-0.4, -0.2) is 54.5 Å². The maximum atomic E-state index is 12.8. The number of rotatable bonds is 5. The molecule has 1 aromatic carbocycles. The Labute approximate surface area is 181 Å². The van der Waals surface area contributed by atoms with Crippen LogP contribution in [-0.2, 0) is 14.6 Å². The lowest BCUT2D eigenvalue weighted by Crippen LogP contribution is -2.52. The monoisotopic (exact) mass is 445 g/mol. The molecular formula is C21H27N5O4S. The molecule has 31 heavy (non-hydrogen) atoms. The summed E-state index contributed by atoms with van der Waals surface area (Å²) in [7, 11) is -3.53. The number of fused-ring (bicyclic) bond motifs is 2. The van der Waals surface area contributed by atoms with Crippen LogP contribution in [0.1, 0.15) is 44.3 Å². The average molecular weight is 446 g/mol. The fraction of sp³-hybridized carbons (Fsp3) is 0.619. The van der Waals surface area contributed by atoms with Gasteiger partial charge in [-0.2, -0.15) is 5.26 Å². The average Bonchev–Trinajstić information content (AvgIpc) is 3.50. The number of nitriles is 1. The Bertz CT molecular complexity index is 1050. The van der Waals surface area contributed by atoms with Crippen molar-refractivity contribution in [1.29, 1.82) is 5.26 Å². The van der Waals surface area contributed by atoms with Gasteiger partial charge in [0.15, 0.2) is 9.84 Å². The van der Waals surface area contributed by atoms with Gasteiger partial charge in [0.05, 0.1) is 34.7 Å². The van der Waals surface area contributed by atoms with E-state index in [2.05, 4.69) is 27.1 Å². The number of nitrogens with one attached hydrogen (secondary N) is 3. The third kappa shape index (κ3) is 3.31. The second-order valence-corrected chi connectivity index (χ2v) is 11.3. The number of aliphatic hydroxyl groups excluding tert-OH is 1. The molecule has 3 heterocycles. The van der Waals surface area contributed by atoms with Gasteiger partial charge in [-0.3, -0.25) is 4.79 Å². The van der Waals surface area contributed by atoms with Gasteiger partial charge in [-0.05, 0) is 50.3 Å². The molecule has 3 unspecified atom stereocenters. The minimum absolute atomic E-state index is 0.00869. The zero-order chi connectivity index (χ0) is 21.9. The second-order valence-electron chi connectivity index (χ2n) is 9.05. The van der Waals surface area contributed by atoms with Crippen LogP contribution >= 0.6 is 0 Å². The Kier molecular flexibility index (Phi) is 4.97. The normalized spacial score (nSPS) is 35.0. The van der Waals surface area contributed by atoms with Crippen molar-refractivity contribution in [3.8, 4) is 6.07 Å². The second kappa shape index (κ2) is 7.45. The number of hydrazine groups is 1. The number of benzene rings is 1. The van der Waals surface area contributed by atoms with Crippen molar-refractivity contribution in [2.45, 2.75) is 67.1 Å². The minimum Gasteiger partial charge on any atom is -0.387 e. The molecular weight excluding hydrogens is 418 g/mol. The van der Waals surface area contributed by atoms with E-state index in [-0.39, 0.29) is 28.8 Å². The number of hydrogen-bond acceptors (Lipinski definition) is 8. The fourth-order valence-electron chi connectivity index (χ4n) is 5.30. The number of carbonyl (C=O) groups excluding carboxylic acids is 1. The molecule has 1 amide bonds. The van der Waals surface area contributed by atoms with Gasteiger partial charge >= 0.3 is 0 Å². The van der Waals surface area contributed by atoms with E-state index in [1.165, 1.54) is 13.0 Å². The molecule has 4 aliphatic rings. The lowest BCUT2D eigenvalue weighted by atomic mass is 9.90. The number of nitrogens with zero attached hydrogens (tertiary/aromatic N) is 2. The number of sulfone groups is 1. The van der Waals surface area contributed by atoms with Gasteiger partial charge < -0.3 is 15.7 Å². The summed E-state index contributed by atoms with van der Waals surface area (Å²) in [5, 5.41) is 27.3. The summed E-state index contributed by atoms with van der Waals surface area (Å²) in [4.78, 5) is 12.9. The highest BCUT2D eigenvalue weighted by Gasteiger charge is 2.52. The number of amides is 1. The standard InChI is InChI=1S/C21H27N5O4S/c1-11-19(27)14-10-13(4-5-17(14)31(11,29)30)24-20-18-16(7-9-23-21(18)28)26(25-20)15(6-8-22)12-2-3-12/h4-5,10-12,15-16,18-20,24-25,27H,2-3,6-7,9H2,1H3,(H,23,28)/t11-,15-,16?,18?,19-,20?/m0/s1. The third-order valence-electron chi connectivity index (χ3n) is 7.18. The van der Waals surface area contributed by atoms with E-state index < -0.39 is 27.4 Å². The smallest absolute Gasteiger partial charge is 0.228 e. The SMILES string of the molecule is C[C@H]1[C@H](O)c2cc(NC3NN([C@@H](CC#N)C4CC4)C4CCNC(=O)C34)ccc2S1(=O)=O. The third-order valence-corrected chi connectivity index (χ3v) is 9.40. The predicted molar refractivity (Wildman–Crippen MR) is 112 cm³/mol. The Hall–Kier alpha value is -2.19. The van der Waals surface area contributed by atoms with Gasteiger partial charge in [-0.15, -0.1) is 0 Å². The van der Waals surface area contributed by atoms with Crippen molar-refractivity contribution in [1.82, 2.24) is 15.8 Å². The summed E-state index contributed by atoms with van der Waals surface area (Å²) < 4.78 is 24.9. The lowest BCUT2D eigenvalue weighted by molar-refractivity contribution is -0.128. The maximum absolute atomic E-state index is 12.8. The van der Waals surface area contributed by atoms with Crippen LogP contribution in [0.4, 0.5) is 5.69 Å². The van der Waals surface area contributed by atoms with Gasteiger partial charge in [-0.1, -0.05) is 0 Å². The highest BCUT2D eigenvalue weighted by molar-refractivity contribution is 7.92. The molecule has 3 aliphatic heterocycles. The Morgan fingerprint density at radius 3 is 2.84 bits per heavy atom. The van der Waals surface area contributed by atoms with Crippen molar-refractivity contribution < 1.29 is 18.3 Å². The molecule has 1 aliphatic carbocycles. The van der Waals surface area contributed by atoms with Crippen molar-refractivity contribution in [3.05, 3.63) is 23.8 Å². The summed E-state index contributed by atoms with van der Waals surface area (Å²) in [5.41, 5.74) is 4.48. The van der Waals surface area contributed by atoms with E-state index in [0.717, 1.165) is 19.3 Å². The highest BCUT2D eigenvalue weighted by atomic mass is 32.2. The molecule has 0 bridgehead atoms. The molecule has 1 aromatic rings. The summed E-state index contributed by atoms with van der Waals surface area (Å²) in [6.07, 6.45) is 1.94. The first-order chi connectivity index (χ1) is 14.8. The van der Waals surface area contributed by atoms with E-state index in [0.29, 0.717) is 30.1 Å². The molecule has 0 radical (unpaired) electrons. The number of hydrogen-bond donors (Lipinski definition) is 4. The molecule has 4 N–H and O–H groups in total. The molecule has 2 saturated heterocycles. The van der Waals surface area contributed by atoms with E-state index in [4.69, 9.17) is 0 Å². The first-order valence-corrected chi connectivity index (χ1v) is 12.4. The zero-order valence-electron chi connectivity index (χ0n) is 17.3. The van der Waals surface area contributed by atoms with Crippen LogP contribution in [0.5, 0.6) is 0 Å². The van der Waals surface area contributed by atoms with Crippen molar-refractivity contribution in [3.63, 3.8) is 0 Å². The van der Waals surface area contributed by atoms with Crippen LogP contribution < -0.4 is 16.1 Å². The maximum Gasteiger partial charge on any atom is 0.228 e. The molecule has 1 saturated carbocycles. The van der Waals surface area contributed by atoms with Gasteiger partial charge in [0.1, 0.15) is 6.17 Å². The van der Waals surface area contributed by atoms with E-state index in [1.807, 2.05) is 0 Å². The van der Waals surface area contributed by atoms with Crippen molar-refractivity contribution >= 4 is 21.4 Å². The Morgan fingerprint density at radius 1 is 1.35 bits per heavy atom. The van der Waals surface area contributed by atoms with Crippen LogP contribution in [0.3, 0.4) is 0 Å². The van der Waals surface area contributed by atoms with Gasteiger partial charge in [0, 0.05) is 29.9 Å². The molecule has 9 nitrogen and oxygen atoms in total. The van der Waals surface area contributed by atoms with Crippen LogP contribution in [0.25, 0.3) is 0 Å². The predicted octanol–water partition coefficient (Wildman–Crippen LogP) is 0.651. The topological polar surface area (TPSA) is 135 Å². The highest BCUT2D eigenvalue weighted by Crippen LogP contribution is 2.42. The molecule has 10 heteroatoms.